The number of carbonyl (C=O) groups is 4. The molecule has 1 aliphatic rings. The van der Waals surface area contributed by atoms with Crippen LogP contribution in [0.2, 0.25) is 0 Å². The molecule has 0 bridgehead atoms. The number of esters is 1. The summed E-state index contributed by atoms with van der Waals surface area (Å²) in [6.07, 6.45) is 4.23. The Kier molecular flexibility index (Phi) is 9.57. The highest BCUT2D eigenvalue weighted by molar-refractivity contribution is 8.16. The number of benzene rings is 2. The largest absolute Gasteiger partial charge is 0.485 e. The van der Waals surface area contributed by atoms with Crippen LogP contribution in [0, 0.1) is 0 Å². The molecule has 0 radical (unpaired) electrons. The predicted molar refractivity (Wildman–Crippen MR) is 142 cm³/mol. The number of ether oxygens (including phenoxy) is 2. The molecule has 0 saturated carbocycles. The molecule has 3 rings (SSSR count). The number of aliphatic imine (C=N–C) groups is 1. The second-order valence-corrected chi connectivity index (χ2v) is 9.61. The number of allylic oxidation sites excluding steroid dienone is 3. The van der Waals surface area contributed by atoms with Crippen LogP contribution in [-0.4, -0.2) is 41.0 Å². The zero-order valence-corrected chi connectivity index (χ0v) is 21.5. The number of nitrogens with one attached hydrogen (secondary N) is 1. The summed E-state index contributed by atoms with van der Waals surface area (Å²) in [5.74, 6) is -1.41. The van der Waals surface area contributed by atoms with Crippen molar-refractivity contribution >= 4 is 41.4 Å². The summed E-state index contributed by atoms with van der Waals surface area (Å²) in [6.45, 7) is 7.16. The SMILES string of the molecule is C=N/C(=C\C=C(/C)CC)C(=O)COc1ccc(CC2(C(=O)OCc3ccccc3)SC(=O)NC2=O)cc1. The molecule has 8 nitrogen and oxygen atoms in total. The van der Waals surface area contributed by atoms with Crippen LogP contribution in [0.25, 0.3) is 0 Å². The zero-order chi connectivity index (χ0) is 26.8. The van der Waals surface area contributed by atoms with Crippen LogP contribution < -0.4 is 10.1 Å². The molecule has 2 aromatic carbocycles. The summed E-state index contributed by atoms with van der Waals surface area (Å²) in [5, 5.41) is 1.58. The van der Waals surface area contributed by atoms with Crippen molar-refractivity contribution in [2.45, 2.75) is 38.0 Å². The van der Waals surface area contributed by atoms with Gasteiger partial charge in [-0.3, -0.25) is 24.7 Å². The van der Waals surface area contributed by atoms with Crippen molar-refractivity contribution < 1.29 is 28.7 Å². The smallest absolute Gasteiger partial charge is 0.333 e. The number of nitrogens with zero attached hydrogens (tertiary/aromatic N) is 1. The first-order chi connectivity index (χ1) is 17.8. The van der Waals surface area contributed by atoms with E-state index >= 15 is 0 Å². The van der Waals surface area contributed by atoms with E-state index in [-0.39, 0.29) is 31.1 Å². The molecule has 1 N–H and O–H groups in total. The molecule has 1 aliphatic heterocycles. The van der Waals surface area contributed by atoms with Gasteiger partial charge in [-0.15, -0.1) is 0 Å². The number of imide groups is 1. The minimum absolute atomic E-state index is 0.0198. The van der Waals surface area contributed by atoms with Gasteiger partial charge < -0.3 is 9.47 Å². The van der Waals surface area contributed by atoms with E-state index in [1.165, 1.54) is 0 Å². The molecule has 1 fully saturated rings. The lowest BCUT2D eigenvalue weighted by atomic mass is 9.97. The Hall–Kier alpha value is -3.98. The Morgan fingerprint density at radius 1 is 1.05 bits per heavy atom. The van der Waals surface area contributed by atoms with Gasteiger partial charge in [0.2, 0.25) is 10.5 Å². The molecule has 9 heteroatoms. The Morgan fingerprint density at radius 3 is 2.35 bits per heavy atom. The molecule has 1 atom stereocenters. The number of rotatable bonds is 12. The molecule has 37 heavy (non-hydrogen) atoms. The third kappa shape index (κ3) is 7.27. The third-order valence-corrected chi connectivity index (χ3v) is 6.81. The van der Waals surface area contributed by atoms with Gasteiger partial charge in [-0.1, -0.05) is 61.0 Å². The first-order valence-electron chi connectivity index (χ1n) is 11.6. The normalized spacial score (nSPS) is 17.8. The predicted octanol–water partition coefficient (Wildman–Crippen LogP) is 4.58. The average Bonchev–Trinajstić information content (AvgIpc) is 3.20. The van der Waals surface area contributed by atoms with Crippen LogP contribution in [0.5, 0.6) is 5.75 Å². The summed E-state index contributed by atoms with van der Waals surface area (Å²) in [4.78, 5) is 53.8. The fourth-order valence-corrected chi connectivity index (χ4v) is 4.36. The molecule has 2 amide bonds. The molecule has 0 spiro atoms. The van der Waals surface area contributed by atoms with E-state index in [0.717, 1.165) is 17.6 Å². The fraction of sp³-hybridized carbons (Fsp3) is 0.250. The molecular formula is C28H28N2O6S. The van der Waals surface area contributed by atoms with Crippen LogP contribution in [-0.2, 0) is 32.1 Å². The van der Waals surface area contributed by atoms with Gasteiger partial charge in [-0.05, 0) is 61.2 Å². The van der Waals surface area contributed by atoms with Crippen LogP contribution in [0.1, 0.15) is 31.4 Å². The molecule has 0 aromatic heterocycles. The van der Waals surface area contributed by atoms with Crippen molar-refractivity contribution in [2.75, 3.05) is 6.61 Å². The summed E-state index contributed by atoms with van der Waals surface area (Å²) in [6, 6.07) is 15.6. The molecule has 1 heterocycles. The monoisotopic (exact) mass is 520 g/mol. The Morgan fingerprint density at radius 2 is 1.76 bits per heavy atom. The molecule has 1 saturated heterocycles. The van der Waals surface area contributed by atoms with Crippen molar-refractivity contribution in [1.82, 2.24) is 5.32 Å². The summed E-state index contributed by atoms with van der Waals surface area (Å²) in [5.41, 5.74) is 2.68. The average molecular weight is 521 g/mol. The van der Waals surface area contributed by atoms with Gasteiger partial charge >= 0.3 is 5.97 Å². The maximum Gasteiger partial charge on any atom is 0.333 e. The minimum atomic E-state index is -1.73. The quantitative estimate of drug-likeness (QED) is 0.143. The van der Waals surface area contributed by atoms with Gasteiger partial charge in [0.15, 0.2) is 6.61 Å². The molecule has 0 aliphatic carbocycles. The van der Waals surface area contributed by atoms with Crippen molar-refractivity contribution in [3.05, 3.63) is 89.1 Å². The maximum absolute atomic E-state index is 13.0. The van der Waals surface area contributed by atoms with Crippen LogP contribution in [0.15, 0.2) is 83.0 Å². The number of Topliss-reactive ketones (excluding diaryl/α,β-unsaturated/α-hetero) is 1. The first-order valence-corrected chi connectivity index (χ1v) is 12.4. The number of carbonyl (C=O) groups excluding carboxylic acids is 4. The standard InChI is InChI=1S/C28H28N2O6S/c1-4-19(2)10-15-23(29-3)24(31)18-35-22-13-11-20(12-14-22)16-28(25(32)30-27(34)37-28)26(33)36-17-21-8-6-5-7-9-21/h5-15H,3-4,16-18H2,1-2H3,(H,30,32,34)/b19-10+,23-15-. The first kappa shape index (κ1) is 27.6. The number of hydrogen-bond acceptors (Lipinski definition) is 8. The van der Waals surface area contributed by atoms with Gasteiger partial charge in [-0.25, -0.2) is 4.79 Å². The lowest BCUT2D eigenvalue weighted by Gasteiger charge is -2.22. The second kappa shape index (κ2) is 12.8. The molecule has 192 valence electrons. The lowest BCUT2D eigenvalue weighted by molar-refractivity contribution is -0.150. The van der Waals surface area contributed by atoms with Crippen LogP contribution in [0.4, 0.5) is 4.79 Å². The number of amides is 2. The fourth-order valence-electron chi connectivity index (χ4n) is 3.37. The Labute approximate surface area is 219 Å². The van der Waals surface area contributed by atoms with Gasteiger partial charge in [0.05, 0.1) is 0 Å². The van der Waals surface area contributed by atoms with E-state index in [1.807, 2.05) is 38.1 Å². The highest BCUT2D eigenvalue weighted by Gasteiger charge is 2.55. The van der Waals surface area contributed by atoms with E-state index in [1.54, 1.807) is 42.5 Å². The molecule has 1 unspecified atom stereocenters. The minimum Gasteiger partial charge on any atom is -0.485 e. The van der Waals surface area contributed by atoms with Gasteiger partial charge in [0, 0.05) is 6.42 Å². The zero-order valence-electron chi connectivity index (χ0n) is 20.7. The molecular weight excluding hydrogens is 492 g/mol. The highest BCUT2D eigenvalue weighted by Crippen LogP contribution is 2.37. The second-order valence-electron chi connectivity index (χ2n) is 8.34. The van der Waals surface area contributed by atoms with E-state index < -0.39 is 21.9 Å². The van der Waals surface area contributed by atoms with Gasteiger partial charge in [-0.2, -0.15) is 0 Å². The van der Waals surface area contributed by atoms with E-state index in [0.29, 0.717) is 23.1 Å². The number of ketones is 1. The van der Waals surface area contributed by atoms with E-state index in [9.17, 15) is 19.2 Å². The summed E-state index contributed by atoms with van der Waals surface area (Å²) in [7, 11) is 0. The summed E-state index contributed by atoms with van der Waals surface area (Å²) < 4.78 is 9.26. The van der Waals surface area contributed by atoms with Crippen molar-refractivity contribution in [2.24, 2.45) is 4.99 Å². The van der Waals surface area contributed by atoms with Gasteiger partial charge in [0.25, 0.3) is 11.1 Å². The van der Waals surface area contributed by atoms with E-state index in [2.05, 4.69) is 17.0 Å². The summed E-state index contributed by atoms with van der Waals surface area (Å²) >= 11 is 0.614. The van der Waals surface area contributed by atoms with Gasteiger partial charge in [0.1, 0.15) is 18.1 Å². The van der Waals surface area contributed by atoms with Crippen molar-refractivity contribution in [3.8, 4) is 5.75 Å². The lowest BCUT2D eigenvalue weighted by Crippen LogP contribution is -2.46. The Balaban J connectivity index is 1.66. The number of thioether (sulfide) groups is 1. The van der Waals surface area contributed by atoms with Crippen LogP contribution >= 0.6 is 11.8 Å². The van der Waals surface area contributed by atoms with Crippen LogP contribution in [0.3, 0.4) is 0 Å². The van der Waals surface area contributed by atoms with Crippen molar-refractivity contribution in [1.29, 1.82) is 0 Å². The Bertz CT molecular complexity index is 1240. The third-order valence-electron chi connectivity index (χ3n) is 5.68. The highest BCUT2D eigenvalue weighted by atomic mass is 32.2. The van der Waals surface area contributed by atoms with Crippen molar-refractivity contribution in [3.63, 3.8) is 0 Å². The number of hydrogen-bond donors (Lipinski definition) is 1. The topological polar surface area (TPSA) is 111 Å². The van der Waals surface area contributed by atoms with E-state index in [4.69, 9.17) is 9.47 Å². The maximum atomic E-state index is 13.0. The molecule has 2 aromatic rings.